The molecule has 1 amide bonds. The molecule has 1 unspecified atom stereocenters. The zero-order chi connectivity index (χ0) is 23.1. The Kier molecular flexibility index (Phi) is 4.28. The highest BCUT2D eigenvalue weighted by Crippen LogP contribution is 2.49. The summed E-state index contributed by atoms with van der Waals surface area (Å²) in [6.07, 6.45) is 0.797. The van der Waals surface area contributed by atoms with Crippen LogP contribution in [0.1, 0.15) is 58.3 Å². The summed E-state index contributed by atoms with van der Waals surface area (Å²) in [7, 11) is 1.85. The number of pyridine rings is 1. The van der Waals surface area contributed by atoms with E-state index in [-0.39, 0.29) is 10.4 Å². The van der Waals surface area contributed by atoms with E-state index < -0.39 is 12.2 Å². The largest absolute Gasteiger partial charge is 0.360 e. The predicted octanol–water partition coefficient (Wildman–Crippen LogP) is 5.23. The van der Waals surface area contributed by atoms with Gasteiger partial charge in [-0.15, -0.1) is 10.2 Å². The van der Waals surface area contributed by atoms with Crippen molar-refractivity contribution in [2.45, 2.75) is 38.7 Å². The Morgan fingerprint density at radius 1 is 1.15 bits per heavy atom. The molecule has 0 radical (unpaired) electrons. The maximum absolute atomic E-state index is 14.3. The van der Waals surface area contributed by atoms with Crippen LogP contribution < -0.4 is 4.48 Å². The van der Waals surface area contributed by atoms with Gasteiger partial charge in [-0.05, 0) is 31.9 Å². The normalized spacial score (nSPS) is 20.2. The predicted molar refractivity (Wildman–Crippen MR) is 119 cm³/mol. The van der Waals surface area contributed by atoms with Gasteiger partial charge in [0, 0.05) is 41.8 Å². The molecule has 10 heteroatoms. The molecule has 168 valence electrons. The molecule has 1 saturated carbocycles. The summed E-state index contributed by atoms with van der Waals surface area (Å²) in [5, 5.41) is 12.8. The fourth-order valence-electron chi connectivity index (χ4n) is 4.90. The smallest absolute Gasteiger partial charge is 0.275 e. The van der Waals surface area contributed by atoms with Crippen LogP contribution >= 0.6 is 11.6 Å². The Morgan fingerprint density at radius 2 is 1.88 bits per heavy atom. The van der Waals surface area contributed by atoms with Gasteiger partial charge in [-0.2, -0.15) is 9.58 Å². The quantitative estimate of drug-likeness (QED) is 0.384. The van der Waals surface area contributed by atoms with Crippen LogP contribution in [0, 0.1) is 6.92 Å². The van der Waals surface area contributed by atoms with Crippen molar-refractivity contribution in [3.8, 4) is 0 Å². The van der Waals surface area contributed by atoms with Gasteiger partial charge >= 0.3 is 5.91 Å². The highest BCUT2D eigenvalue weighted by Gasteiger charge is 2.54. The summed E-state index contributed by atoms with van der Waals surface area (Å²) in [6, 6.07) is 8.94. The number of rotatable bonds is 4. The fourth-order valence-corrected chi connectivity index (χ4v) is 5.03. The summed E-state index contributed by atoms with van der Waals surface area (Å²) in [6.45, 7) is 2.11. The van der Waals surface area contributed by atoms with Crippen LogP contribution in [-0.4, -0.2) is 30.3 Å². The van der Waals surface area contributed by atoms with Gasteiger partial charge in [0.25, 0.3) is 6.43 Å². The molecule has 1 fully saturated rings. The molecular weight excluding hydrogens is 450 g/mol. The Bertz CT molecular complexity index is 1440. The minimum absolute atomic E-state index is 0.118. The fraction of sp³-hybridized carbons (Fsp3) is 0.304. The summed E-state index contributed by atoms with van der Waals surface area (Å²) < 4.78 is 30.2. The van der Waals surface area contributed by atoms with Gasteiger partial charge < -0.3 is 0 Å². The second-order valence-electron chi connectivity index (χ2n) is 8.79. The molecule has 4 heterocycles. The van der Waals surface area contributed by atoms with Crippen molar-refractivity contribution >= 4 is 34.5 Å². The maximum atomic E-state index is 14.3. The van der Waals surface area contributed by atoms with E-state index >= 15 is 0 Å². The Morgan fingerprint density at radius 3 is 2.55 bits per heavy atom. The Labute approximate surface area is 192 Å². The number of aromatic nitrogens is 5. The third-order valence-electron chi connectivity index (χ3n) is 6.71. The molecule has 33 heavy (non-hydrogen) atoms. The maximum Gasteiger partial charge on any atom is 0.360 e. The lowest BCUT2D eigenvalue weighted by molar-refractivity contribution is 0.0851. The van der Waals surface area contributed by atoms with Gasteiger partial charge in [0.15, 0.2) is 11.3 Å². The molecule has 1 aliphatic carbocycles. The number of halogens is 3. The molecule has 4 aromatic rings. The van der Waals surface area contributed by atoms with Crippen LogP contribution in [0.5, 0.6) is 0 Å². The highest BCUT2D eigenvalue weighted by molar-refractivity contribution is 6.30. The van der Waals surface area contributed by atoms with Crippen LogP contribution in [-0.2, 0) is 13.6 Å². The molecule has 0 saturated heterocycles. The first-order chi connectivity index (χ1) is 15.8. The summed E-state index contributed by atoms with van der Waals surface area (Å²) in [5.41, 5.74) is 4.58. The lowest BCUT2D eigenvalue weighted by Crippen LogP contribution is -2.45. The zero-order valence-corrected chi connectivity index (χ0v) is 18.7. The van der Waals surface area contributed by atoms with Gasteiger partial charge in [-0.3, -0.25) is 9.08 Å². The summed E-state index contributed by atoms with van der Waals surface area (Å²) in [5.74, 6) is -0.275. The third kappa shape index (κ3) is 2.82. The molecule has 0 N–H and O–H groups in total. The molecule has 1 aliphatic heterocycles. The molecule has 7 nitrogen and oxygen atoms in total. The van der Waals surface area contributed by atoms with E-state index in [0.717, 1.165) is 24.2 Å². The average molecular weight is 470 g/mol. The van der Waals surface area contributed by atoms with Crippen molar-refractivity contribution < 1.29 is 13.6 Å². The Balaban J connectivity index is 1.64. The van der Waals surface area contributed by atoms with E-state index in [2.05, 4.69) is 15.3 Å². The Hall–Kier alpha value is -3.17. The van der Waals surface area contributed by atoms with Crippen LogP contribution in [0.2, 0.25) is 5.02 Å². The minimum Gasteiger partial charge on any atom is -0.275 e. The van der Waals surface area contributed by atoms with E-state index in [1.54, 1.807) is 29.9 Å². The van der Waals surface area contributed by atoms with E-state index in [1.807, 2.05) is 25.2 Å². The van der Waals surface area contributed by atoms with Gasteiger partial charge in [0.2, 0.25) is 5.82 Å². The van der Waals surface area contributed by atoms with Crippen molar-refractivity contribution in [1.82, 2.24) is 28.9 Å². The standard InChI is InChI=1S/C23H20ClF2N6O/c1-12-9-16(10-31-21(12)27-28-22(31)20(25)26)32(15-7-5-14(24)6-8-15)11-17-18(23(32)33)19(13-3-4-13)29-30(17)2/h5-10,13,20H,3-4,11H2,1-2H3/q+1. The van der Waals surface area contributed by atoms with Crippen molar-refractivity contribution in [2.75, 3.05) is 0 Å². The number of nitrogens with zero attached hydrogens (tertiary/aromatic N) is 6. The molecule has 2 aliphatic rings. The highest BCUT2D eigenvalue weighted by atomic mass is 35.5. The van der Waals surface area contributed by atoms with Crippen LogP contribution in [0.3, 0.4) is 0 Å². The van der Waals surface area contributed by atoms with Crippen molar-refractivity contribution in [3.63, 3.8) is 0 Å². The second kappa shape index (κ2) is 6.91. The summed E-state index contributed by atoms with van der Waals surface area (Å²) in [4.78, 5) is 14.3. The number of fused-ring (bicyclic) bond motifs is 2. The first-order valence-electron chi connectivity index (χ1n) is 10.7. The topological polar surface area (TPSA) is 65.1 Å². The van der Waals surface area contributed by atoms with Gasteiger partial charge in [0.1, 0.15) is 23.5 Å². The van der Waals surface area contributed by atoms with Gasteiger partial charge in [-0.1, -0.05) is 11.6 Å². The van der Waals surface area contributed by atoms with Crippen molar-refractivity contribution in [1.29, 1.82) is 0 Å². The van der Waals surface area contributed by atoms with Gasteiger partial charge in [-0.25, -0.2) is 13.6 Å². The molecule has 6 rings (SSSR count). The summed E-state index contributed by atoms with van der Waals surface area (Å²) >= 11 is 6.15. The lowest BCUT2D eigenvalue weighted by Gasteiger charge is -2.31. The molecule has 0 spiro atoms. The van der Waals surface area contributed by atoms with Crippen molar-refractivity contribution in [2.24, 2.45) is 7.05 Å². The average Bonchev–Trinajstić information content (AvgIpc) is 3.34. The number of alkyl halides is 2. The number of carbonyl (C=O) groups is 1. The van der Waals surface area contributed by atoms with Gasteiger partial charge in [0.05, 0.1) is 11.9 Å². The number of hydrogen-bond donors (Lipinski definition) is 0. The number of aryl methyl sites for hydroxylation is 2. The van der Waals surface area contributed by atoms with Crippen LogP contribution in [0.15, 0.2) is 36.5 Å². The number of carbonyl (C=O) groups excluding carboxylic acids is 1. The first kappa shape index (κ1) is 20.4. The number of hydrogen-bond acceptors (Lipinski definition) is 4. The lowest BCUT2D eigenvalue weighted by atomic mass is 10.1. The van der Waals surface area contributed by atoms with E-state index in [0.29, 0.717) is 45.6 Å². The first-order valence-corrected chi connectivity index (χ1v) is 11.1. The number of quaternary nitrogens is 1. The molecule has 3 aromatic heterocycles. The molecule has 0 bridgehead atoms. The SMILES string of the molecule is Cc1cc([N+]2(c3ccc(Cl)cc3)Cc3c(c(C4CC4)nn3C)C2=O)cn2c(C(F)F)nnc12. The van der Waals surface area contributed by atoms with E-state index in [1.165, 1.54) is 4.40 Å². The van der Waals surface area contributed by atoms with Crippen molar-refractivity contribution in [3.05, 3.63) is 69.9 Å². The third-order valence-corrected chi connectivity index (χ3v) is 6.96. The molecular formula is C23H20ClF2N6O+. The number of amides is 1. The minimum atomic E-state index is -2.80. The monoisotopic (exact) mass is 469 g/mol. The molecule has 1 aromatic carbocycles. The van der Waals surface area contributed by atoms with Crippen LogP contribution in [0.25, 0.3) is 5.65 Å². The van der Waals surface area contributed by atoms with E-state index in [9.17, 15) is 13.6 Å². The second-order valence-corrected chi connectivity index (χ2v) is 9.22. The molecule has 1 atom stereocenters. The number of benzene rings is 1. The zero-order valence-electron chi connectivity index (χ0n) is 18.0. The van der Waals surface area contributed by atoms with Crippen LogP contribution in [0.4, 0.5) is 20.2 Å². The van der Waals surface area contributed by atoms with E-state index in [4.69, 9.17) is 11.6 Å².